The largest absolute Gasteiger partial charge is 0.395 e. The van der Waals surface area contributed by atoms with Gasteiger partial charge in [0.2, 0.25) is 5.95 Å². The maximum absolute atomic E-state index is 9.00. The van der Waals surface area contributed by atoms with Crippen molar-refractivity contribution in [2.45, 2.75) is 0 Å². The van der Waals surface area contributed by atoms with E-state index in [1.807, 2.05) is 60.7 Å². The van der Waals surface area contributed by atoms with Gasteiger partial charge in [-0.3, -0.25) is 0 Å². The maximum atomic E-state index is 9.00. The average Bonchev–Trinajstić information content (AvgIpc) is 2.60. The normalized spacial score (nSPS) is 10.4. The topological polar surface area (TPSA) is 70.1 Å². The quantitative estimate of drug-likeness (QED) is 0.634. The van der Waals surface area contributed by atoms with Gasteiger partial charge in [-0.1, -0.05) is 48.0 Å². The van der Waals surface area contributed by atoms with Crippen molar-refractivity contribution >= 4 is 29.1 Å². The van der Waals surface area contributed by atoms with E-state index >= 15 is 0 Å². The van der Waals surface area contributed by atoms with Gasteiger partial charge in [-0.15, -0.1) is 0 Å². The molecule has 0 atom stereocenters. The Labute approximate surface area is 145 Å². The molecule has 0 spiro atoms. The van der Waals surface area contributed by atoms with Crippen LogP contribution in [0.3, 0.4) is 0 Å². The standard InChI is InChI=1S/C18H17ClN4O/c19-14-7-4-8-15(11-14)21-17-12-16(13-5-2-1-3-6-13)22-18(23-17)20-9-10-24/h1-8,11-12,24H,9-10H2,(H2,20,21,22,23). The Bertz CT molecular complexity index is 811. The van der Waals surface area contributed by atoms with Gasteiger partial charge in [-0.2, -0.15) is 4.98 Å². The summed E-state index contributed by atoms with van der Waals surface area (Å²) in [5.74, 6) is 1.10. The number of aliphatic hydroxyl groups is 1. The van der Waals surface area contributed by atoms with E-state index in [4.69, 9.17) is 16.7 Å². The molecular formula is C18H17ClN4O. The highest BCUT2D eigenvalue weighted by Gasteiger charge is 2.07. The Kier molecular flexibility index (Phi) is 5.25. The van der Waals surface area contributed by atoms with Gasteiger partial charge in [0.1, 0.15) is 5.82 Å². The first-order valence-corrected chi connectivity index (χ1v) is 7.94. The number of anilines is 3. The Morgan fingerprint density at radius 3 is 2.54 bits per heavy atom. The Morgan fingerprint density at radius 1 is 0.958 bits per heavy atom. The molecule has 0 bridgehead atoms. The molecule has 0 saturated heterocycles. The molecule has 0 amide bonds. The zero-order valence-electron chi connectivity index (χ0n) is 12.9. The number of aromatic nitrogens is 2. The van der Waals surface area contributed by atoms with Crippen molar-refractivity contribution in [2.75, 3.05) is 23.8 Å². The molecule has 0 saturated carbocycles. The van der Waals surface area contributed by atoms with E-state index in [1.54, 1.807) is 0 Å². The number of halogens is 1. The van der Waals surface area contributed by atoms with Crippen LogP contribution in [0.15, 0.2) is 60.7 Å². The molecule has 122 valence electrons. The third-order valence-corrected chi connectivity index (χ3v) is 3.52. The molecule has 3 rings (SSSR count). The zero-order chi connectivity index (χ0) is 16.8. The highest BCUT2D eigenvalue weighted by Crippen LogP contribution is 2.24. The molecule has 0 aliphatic heterocycles. The first kappa shape index (κ1) is 16.2. The first-order valence-electron chi connectivity index (χ1n) is 7.56. The third kappa shape index (κ3) is 4.22. The molecule has 5 nitrogen and oxygen atoms in total. The molecule has 3 aromatic rings. The summed E-state index contributed by atoms with van der Waals surface area (Å²) in [6.45, 7) is 0.394. The smallest absolute Gasteiger partial charge is 0.225 e. The van der Waals surface area contributed by atoms with E-state index in [-0.39, 0.29) is 6.61 Å². The molecule has 0 radical (unpaired) electrons. The summed E-state index contributed by atoms with van der Waals surface area (Å²) in [6.07, 6.45) is 0. The van der Waals surface area contributed by atoms with Crippen molar-refractivity contribution < 1.29 is 5.11 Å². The summed E-state index contributed by atoms with van der Waals surface area (Å²) in [7, 11) is 0. The van der Waals surface area contributed by atoms with Crippen LogP contribution >= 0.6 is 11.6 Å². The number of hydrogen-bond acceptors (Lipinski definition) is 5. The van der Waals surface area contributed by atoms with Crippen molar-refractivity contribution in [3.63, 3.8) is 0 Å². The van der Waals surface area contributed by atoms with Crippen LogP contribution in [0.25, 0.3) is 11.3 Å². The lowest BCUT2D eigenvalue weighted by atomic mass is 10.1. The highest BCUT2D eigenvalue weighted by molar-refractivity contribution is 6.30. The second-order valence-corrected chi connectivity index (χ2v) is 5.55. The number of benzene rings is 2. The van der Waals surface area contributed by atoms with Crippen LogP contribution in [0.2, 0.25) is 5.02 Å². The summed E-state index contributed by atoms with van der Waals surface area (Å²) in [5.41, 5.74) is 2.62. The lowest BCUT2D eigenvalue weighted by Crippen LogP contribution is -2.10. The summed E-state index contributed by atoms with van der Waals surface area (Å²) in [5, 5.41) is 15.9. The van der Waals surface area contributed by atoms with Crippen LogP contribution in [0.4, 0.5) is 17.5 Å². The summed E-state index contributed by atoms with van der Waals surface area (Å²) >= 11 is 6.03. The summed E-state index contributed by atoms with van der Waals surface area (Å²) in [6, 6.07) is 19.2. The van der Waals surface area contributed by atoms with E-state index in [9.17, 15) is 0 Å². The minimum absolute atomic E-state index is 0.00990. The van der Waals surface area contributed by atoms with Crippen molar-refractivity contribution in [2.24, 2.45) is 0 Å². The lowest BCUT2D eigenvalue weighted by molar-refractivity contribution is 0.311. The predicted molar refractivity (Wildman–Crippen MR) is 97.8 cm³/mol. The average molecular weight is 341 g/mol. The molecule has 1 aromatic heterocycles. The van der Waals surface area contributed by atoms with Gasteiger partial charge in [0.05, 0.1) is 12.3 Å². The Morgan fingerprint density at radius 2 is 1.79 bits per heavy atom. The van der Waals surface area contributed by atoms with E-state index in [0.717, 1.165) is 16.9 Å². The van der Waals surface area contributed by atoms with Crippen LogP contribution in [0.5, 0.6) is 0 Å². The first-order chi connectivity index (χ1) is 11.7. The minimum atomic E-state index is 0.00990. The molecule has 2 aromatic carbocycles. The molecule has 3 N–H and O–H groups in total. The second-order valence-electron chi connectivity index (χ2n) is 5.11. The molecule has 0 aliphatic rings. The van der Waals surface area contributed by atoms with Crippen molar-refractivity contribution in [3.05, 3.63) is 65.7 Å². The van der Waals surface area contributed by atoms with Gasteiger partial charge in [-0.25, -0.2) is 4.98 Å². The van der Waals surface area contributed by atoms with Gasteiger partial charge in [0, 0.05) is 28.9 Å². The van der Waals surface area contributed by atoms with E-state index in [1.165, 1.54) is 0 Å². The molecule has 1 heterocycles. The SMILES string of the molecule is OCCNc1nc(Nc2cccc(Cl)c2)cc(-c2ccccc2)n1. The van der Waals surface area contributed by atoms with E-state index in [0.29, 0.717) is 23.3 Å². The fraction of sp³-hybridized carbons (Fsp3) is 0.111. The van der Waals surface area contributed by atoms with Crippen molar-refractivity contribution in [1.29, 1.82) is 0 Å². The Balaban J connectivity index is 1.95. The molecule has 6 heteroatoms. The fourth-order valence-electron chi connectivity index (χ4n) is 2.23. The Hall–Kier alpha value is -2.63. The second kappa shape index (κ2) is 7.77. The maximum Gasteiger partial charge on any atom is 0.225 e. The monoisotopic (exact) mass is 340 g/mol. The fourth-order valence-corrected chi connectivity index (χ4v) is 2.42. The lowest BCUT2D eigenvalue weighted by Gasteiger charge is -2.11. The zero-order valence-corrected chi connectivity index (χ0v) is 13.7. The van der Waals surface area contributed by atoms with Crippen LogP contribution < -0.4 is 10.6 Å². The molecular weight excluding hydrogens is 324 g/mol. The van der Waals surface area contributed by atoms with Gasteiger partial charge in [0.15, 0.2) is 0 Å². The molecule has 24 heavy (non-hydrogen) atoms. The third-order valence-electron chi connectivity index (χ3n) is 3.29. The van der Waals surface area contributed by atoms with Crippen molar-refractivity contribution in [3.8, 4) is 11.3 Å². The number of aliphatic hydroxyl groups excluding tert-OH is 1. The van der Waals surface area contributed by atoms with Crippen LogP contribution in [0.1, 0.15) is 0 Å². The minimum Gasteiger partial charge on any atom is -0.395 e. The van der Waals surface area contributed by atoms with Gasteiger partial charge >= 0.3 is 0 Å². The van der Waals surface area contributed by atoms with Gasteiger partial charge in [0.25, 0.3) is 0 Å². The van der Waals surface area contributed by atoms with E-state index < -0.39 is 0 Å². The van der Waals surface area contributed by atoms with Crippen LogP contribution in [-0.2, 0) is 0 Å². The molecule has 0 aliphatic carbocycles. The number of nitrogens with one attached hydrogen (secondary N) is 2. The summed E-state index contributed by atoms with van der Waals surface area (Å²) in [4.78, 5) is 8.93. The highest BCUT2D eigenvalue weighted by atomic mass is 35.5. The van der Waals surface area contributed by atoms with Gasteiger partial charge < -0.3 is 15.7 Å². The van der Waals surface area contributed by atoms with Crippen LogP contribution in [-0.4, -0.2) is 28.2 Å². The van der Waals surface area contributed by atoms with Crippen molar-refractivity contribution in [1.82, 2.24) is 9.97 Å². The van der Waals surface area contributed by atoms with Crippen LogP contribution in [0, 0.1) is 0 Å². The predicted octanol–water partition coefficient (Wildman–Crippen LogP) is 3.94. The summed E-state index contributed by atoms with van der Waals surface area (Å²) < 4.78 is 0. The van der Waals surface area contributed by atoms with E-state index in [2.05, 4.69) is 20.6 Å². The molecule has 0 unspecified atom stereocenters. The number of nitrogens with zero attached hydrogens (tertiary/aromatic N) is 2. The number of rotatable bonds is 6. The molecule has 0 fully saturated rings. The van der Waals surface area contributed by atoms with Gasteiger partial charge in [-0.05, 0) is 18.2 Å². The number of hydrogen-bond donors (Lipinski definition) is 3.